The highest BCUT2D eigenvalue weighted by atomic mass is 35.5. The Kier molecular flexibility index (Phi) is 4.58. The summed E-state index contributed by atoms with van der Waals surface area (Å²) < 4.78 is 18.6. The number of rotatable bonds is 5. The Morgan fingerprint density at radius 2 is 2.05 bits per heavy atom. The summed E-state index contributed by atoms with van der Waals surface area (Å²) in [6, 6.07) is 10.8. The third-order valence-electron chi connectivity index (χ3n) is 2.66. The summed E-state index contributed by atoms with van der Waals surface area (Å²) in [6.07, 6.45) is -0.0715. The van der Waals surface area contributed by atoms with Crippen LogP contribution in [0.2, 0.25) is 5.02 Å². The molecule has 0 amide bonds. The fourth-order valence-electron chi connectivity index (χ4n) is 1.73. The van der Waals surface area contributed by atoms with Crippen molar-refractivity contribution in [2.75, 3.05) is 0 Å². The zero-order valence-corrected chi connectivity index (χ0v) is 11.2. The number of ether oxygens (including phenoxy) is 1. The Morgan fingerprint density at radius 1 is 1.25 bits per heavy atom. The molecule has 104 valence electrons. The summed E-state index contributed by atoms with van der Waals surface area (Å²) in [5.74, 6) is -0.771. The lowest BCUT2D eigenvalue weighted by Gasteiger charge is -2.09. The molecule has 0 unspecified atom stereocenters. The van der Waals surface area contributed by atoms with Crippen molar-refractivity contribution in [1.82, 2.24) is 0 Å². The van der Waals surface area contributed by atoms with Crippen molar-refractivity contribution in [2.45, 2.75) is 13.0 Å². The summed E-state index contributed by atoms with van der Waals surface area (Å²) in [5, 5.41) is 9.16. The number of carboxylic acid groups (broad SMARTS) is 1. The van der Waals surface area contributed by atoms with Crippen LogP contribution in [-0.2, 0) is 17.8 Å². The summed E-state index contributed by atoms with van der Waals surface area (Å²) >= 11 is 5.94. The first-order valence-electron chi connectivity index (χ1n) is 5.92. The van der Waals surface area contributed by atoms with Crippen LogP contribution in [0.5, 0.6) is 5.75 Å². The number of carbonyl (C=O) groups is 1. The molecule has 2 aromatic carbocycles. The van der Waals surface area contributed by atoms with E-state index in [0.29, 0.717) is 21.9 Å². The second-order valence-corrected chi connectivity index (χ2v) is 4.65. The van der Waals surface area contributed by atoms with E-state index >= 15 is 0 Å². The summed E-state index contributed by atoms with van der Waals surface area (Å²) in [7, 11) is 0. The first-order chi connectivity index (χ1) is 9.54. The number of hydrogen-bond acceptors (Lipinski definition) is 2. The van der Waals surface area contributed by atoms with Crippen LogP contribution in [0.25, 0.3) is 0 Å². The molecule has 0 fully saturated rings. The van der Waals surface area contributed by atoms with E-state index in [1.165, 1.54) is 18.2 Å². The quantitative estimate of drug-likeness (QED) is 0.915. The Hall–Kier alpha value is -2.07. The first-order valence-corrected chi connectivity index (χ1v) is 6.30. The van der Waals surface area contributed by atoms with Gasteiger partial charge in [-0.15, -0.1) is 0 Å². The monoisotopic (exact) mass is 294 g/mol. The van der Waals surface area contributed by atoms with Gasteiger partial charge in [-0.2, -0.15) is 0 Å². The van der Waals surface area contributed by atoms with Crippen molar-refractivity contribution in [3.8, 4) is 5.75 Å². The minimum Gasteiger partial charge on any atom is -0.489 e. The molecule has 1 N–H and O–H groups in total. The zero-order chi connectivity index (χ0) is 14.5. The third kappa shape index (κ3) is 3.96. The van der Waals surface area contributed by atoms with Gasteiger partial charge < -0.3 is 9.84 Å². The van der Waals surface area contributed by atoms with E-state index in [0.717, 1.165) is 0 Å². The number of aliphatic carboxylic acids is 1. The zero-order valence-electron chi connectivity index (χ0n) is 10.5. The normalized spacial score (nSPS) is 10.3. The highest BCUT2D eigenvalue weighted by Crippen LogP contribution is 2.20. The van der Waals surface area contributed by atoms with Gasteiger partial charge in [0.2, 0.25) is 0 Å². The standard InChI is InChI=1S/C15H12ClFO3/c16-14-5-4-12(17)8-11(14)9-20-13-3-1-2-10(6-13)7-15(18)19/h1-6,8H,7,9H2,(H,18,19). The van der Waals surface area contributed by atoms with E-state index < -0.39 is 5.97 Å². The summed E-state index contributed by atoms with van der Waals surface area (Å²) in [4.78, 5) is 10.6. The van der Waals surface area contributed by atoms with Crippen LogP contribution >= 0.6 is 11.6 Å². The van der Waals surface area contributed by atoms with E-state index in [1.807, 2.05) is 0 Å². The average Bonchev–Trinajstić information content (AvgIpc) is 2.39. The van der Waals surface area contributed by atoms with Crippen LogP contribution in [0, 0.1) is 5.82 Å². The van der Waals surface area contributed by atoms with Gasteiger partial charge in [0.05, 0.1) is 6.42 Å². The van der Waals surface area contributed by atoms with Crippen molar-refractivity contribution in [3.05, 3.63) is 64.4 Å². The van der Waals surface area contributed by atoms with E-state index in [9.17, 15) is 9.18 Å². The molecule has 0 saturated heterocycles. The molecular weight excluding hydrogens is 283 g/mol. The summed E-state index contributed by atoms with van der Waals surface area (Å²) in [5.41, 5.74) is 1.18. The van der Waals surface area contributed by atoms with Crippen LogP contribution in [0.4, 0.5) is 4.39 Å². The molecule has 2 rings (SSSR count). The van der Waals surface area contributed by atoms with Gasteiger partial charge >= 0.3 is 5.97 Å². The lowest BCUT2D eigenvalue weighted by Crippen LogP contribution is -2.01. The highest BCUT2D eigenvalue weighted by molar-refractivity contribution is 6.31. The molecule has 0 aliphatic rings. The van der Waals surface area contributed by atoms with Crippen molar-refractivity contribution in [3.63, 3.8) is 0 Å². The van der Waals surface area contributed by atoms with Gasteiger partial charge in [-0.1, -0.05) is 23.7 Å². The molecular formula is C15H12ClFO3. The average molecular weight is 295 g/mol. The van der Waals surface area contributed by atoms with Crippen molar-refractivity contribution in [2.24, 2.45) is 0 Å². The molecule has 0 aliphatic heterocycles. The van der Waals surface area contributed by atoms with Gasteiger partial charge in [-0.05, 0) is 35.9 Å². The molecule has 20 heavy (non-hydrogen) atoms. The van der Waals surface area contributed by atoms with Gasteiger partial charge in [0.15, 0.2) is 0 Å². The molecule has 0 spiro atoms. The molecule has 0 heterocycles. The van der Waals surface area contributed by atoms with Crippen LogP contribution in [0.3, 0.4) is 0 Å². The maximum Gasteiger partial charge on any atom is 0.307 e. The smallest absolute Gasteiger partial charge is 0.307 e. The molecule has 0 saturated carbocycles. The second-order valence-electron chi connectivity index (χ2n) is 4.24. The second kappa shape index (κ2) is 6.39. The molecule has 0 aromatic heterocycles. The maximum absolute atomic E-state index is 13.1. The molecule has 2 aromatic rings. The van der Waals surface area contributed by atoms with E-state index in [-0.39, 0.29) is 18.8 Å². The largest absolute Gasteiger partial charge is 0.489 e. The van der Waals surface area contributed by atoms with Crippen LogP contribution in [-0.4, -0.2) is 11.1 Å². The number of hydrogen-bond donors (Lipinski definition) is 1. The van der Waals surface area contributed by atoms with Crippen LogP contribution in [0.1, 0.15) is 11.1 Å². The Morgan fingerprint density at radius 3 is 2.80 bits per heavy atom. The molecule has 3 nitrogen and oxygen atoms in total. The molecule has 0 bridgehead atoms. The minimum absolute atomic E-state index is 0.0715. The number of benzene rings is 2. The predicted octanol–water partition coefficient (Wildman–Crippen LogP) is 3.69. The Balaban J connectivity index is 2.07. The SMILES string of the molecule is O=C(O)Cc1cccc(OCc2cc(F)ccc2Cl)c1. The molecule has 0 aliphatic carbocycles. The third-order valence-corrected chi connectivity index (χ3v) is 3.02. The van der Waals surface area contributed by atoms with Crippen molar-refractivity contribution >= 4 is 17.6 Å². The van der Waals surface area contributed by atoms with E-state index in [2.05, 4.69) is 0 Å². The lowest BCUT2D eigenvalue weighted by molar-refractivity contribution is -0.136. The molecule has 0 radical (unpaired) electrons. The van der Waals surface area contributed by atoms with Crippen LogP contribution < -0.4 is 4.74 Å². The van der Waals surface area contributed by atoms with Gasteiger partial charge in [0.1, 0.15) is 18.2 Å². The Labute approximate surface area is 120 Å². The maximum atomic E-state index is 13.1. The van der Waals surface area contributed by atoms with Gasteiger partial charge in [0, 0.05) is 10.6 Å². The van der Waals surface area contributed by atoms with Gasteiger partial charge in [-0.3, -0.25) is 4.79 Å². The molecule has 0 atom stereocenters. The van der Waals surface area contributed by atoms with E-state index in [1.54, 1.807) is 24.3 Å². The number of carboxylic acids is 1. The lowest BCUT2D eigenvalue weighted by atomic mass is 10.1. The highest BCUT2D eigenvalue weighted by Gasteiger charge is 2.05. The number of halogens is 2. The topological polar surface area (TPSA) is 46.5 Å². The van der Waals surface area contributed by atoms with Gasteiger partial charge in [0.25, 0.3) is 0 Å². The minimum atomic E-state index is -0.907. The molecule has 5 heteroatoms. The first kappa shape index (κ1) is 14.3. The fraction of sp³-hybridized carbons (Fsp3) is 0.133. The van der Waals surface area contributed by atoms with Crippen molar-refractivity contribution < 1.29 is 19.0 Å². The fourth-order valence-corrected chi connectivity index (χ4v) is 1.91. The van der Waals surface area contributed by atoms with Crippen LogP contribution in [0.15, 0.2) is 42.5 Å². The van der Waals surface area contributed by atoms with Gasteiger partial charge in [-0.25, -0.2) is 4.39 Å². The van der Waals surface area contributed by atoms with E-state index in [4.69, 9.17) is 21.4 Å². The van der Waals surface area contributed by atoms with Crippen molar-refractivity contribution in [1.29, 1.82) is 0 Å². The Bertz CT molecular complexity index is 628. The predicted molar refractivity (Wildman–Crippen MR) is 73.5 cm³/mol. The summed E-state index contributed by atoms with van der Waals surface area (Å²) in [6.45, 7) is 0.118.